The zero-order valence-electron chi connectivity index (χ0n) is 18.2. The molecule has 0 radical (unpaired) electrons. The van der Waals surface area contributed by atoms with Crippen molar-refractivity contribution in [3.8, 4) is 0 Å². The van der Waals surface area contributed by atoms with Crippen molar-refractivity contribution in [2.24, 2.45) is 0 Å². The highest BCUT2D eigenvalue weighted by Crippen LogP contribution is 2.25. The van der Waals surface area contributed by atoms with E-state index in [9.17, 15) is 9.59 Å². The lowest BCUT2D eigenvalue weighted by Gasteiger charge is -2.44. The molecular weight excluding hydrogens is 396 g/mol. The number of benzene rings is 1. The Labute approximate surface area is 184 Å². The SMILES string of the molecule is O=C1COCC2(CCN(Cc3ccccc3)CC2)N1.O=C1COCC2(CCNCC2)N1. The molecule has 4 saturated heterocycles. The molecule has 1 aromatic rings. The molecule has 8 heteroatoms. The fourth-order valence-electron chi connectivity index (χ4n) is 4.84. The zero-order chi connectivity index (χ0) is 21.6. The maximum absolute atomic E-state index is 11.5. The van der Waals surface area contributed by atoms with E-state index in [1.807, 2.05) is 6.07 Å². The van der Waals surface area contributed by atoms with E-state index in [1.54, 1.807) is 0 Å². The quantitative estimate of drug-likeness (QED) is 0.630. The molecule has 0 unspecified atom stereocenters. The van der Waals surface area contributed by atoms with Crippen molar-refractivity contribution in [3.05, 3.63) is 35.9 Å². The summed E-state index contributed by atoms with van der Waals surface area (Å²) in [6.45, 7) is 6.76. The minimum Gasteiger partial charge on any atom is -0.369 e. The molecule has 5 rings (SSSR count). The molecule has 2 amide bonds. The van der Waals surface area contributed by atoms with Crippen LogP contribution in [0.4, 0.5) is 0 Å². The molecule has 0 aliphatic carbocycles. The van der Waals surface area contributed by atoms with E-state index in [-0.39, 0.29) is 36.1 Å². The third-order valence-electron chi connectivity index (χ3n) is 6.66. The average molecular weight is 431 g/mol. The Balaban J connectivity index is 0.000000166. The molecule has 1 aromatic carbocycles. The second kappa shape index (κ2) is 10.1. The fraction of sp³-hybridized carbons (Fsp3) is 0.652. The number of hydrogen-bond acceptors (Lipinski definition) is 6. The average Bonchev–Trinajstić information content (AvgIpc) is 2.77. The topological polar surface area (TPSA) is 91.9 Å². The molecule has 8 nitrogen and oxygen atoms in total. The highest BCUT2D eigenvalue weighted by Gasteiger charge is 2.39. The number of nitrogens with one attached hydrogen (secondary N) is 3. The first-order valence-electron chi connectivity index (χ1n) is 11.3. The number of hydrogen-bond donors (Lipinski definition) is 3. The van der Waals surface area contributed by atoms with Crippen LogP contribution < -0.4 is 16.0 Å². The standard InChI is InChI=1S/C15H20N2O2.C8H14N2O2/c18-14-11-19-12-15(16-14)6-8-17(9-7-15)10-13-4-2-1-3-5-13;11-7-5-12-6-8(10-7)1-3-9-4-2-8/h1-5H,6-12H2,(H,16,18);9H,1-6H2,(H,10,11). The van der Waals surface area contributed by atoms with Gasteiger partial charge in [0.1, 0.15) is 13.2 Å². The molecule has 0 saturated carbocycles. The molecule has 4 aliphatic heterocycles. The van der Waals surface area contributed by atoms with E-state index < -0.39 is 0 Å². The Morgan fingerprint density at radius 3 is 1.90 bits per heavy atom. The van der Waals surface area contributed by atoms with Gasteiger partial charge in [0.25, 0.3) is 0 Å². The van der Waals surface area contributed by atoms with Crippen LogP contribution in [0.25, 0.3) is 0 Å². The molecule has 0 atom stereocenters. The molecule has 0 aromatic heterocycles. The van der Waals surface area contributed by atoms with Crippen LogP contribution in [-0.4, -0.2) is 80.4 Å². The van der Waals surface area contributed by atoms with Gasteiger partial charge in [0.15, 0.2) is 0 Å². The lowest BCUT2D eigenvalue weighted by Crippen LogP contribution is -2.61. The van der Waals surface area contributed by atoms with Gasteiger partial charge in [-0.05, 0) is 44.3 Å². The van der Waals surface area contributed by atoms with Gasteiger partial charge in [0, 0.05) is 19.6 Å². The second-order valence-corrected chi connectivity index (χ2v) is 9.15. The summed E-state index contributed by atoms with van der Waals surface area (Å²) in [5.74, 6) is 0.0610. The molecule has 170 valence electrons. The smallest absolute Gasteiger partial charge is 0.246 e. The summed E-state index contributed by atoms with van der Waals surface area (Å²) >= 11 is 0. The summed E-state index contributed by atoms with van der Waals surface area (Å²) in [4.78, 5) is 25.0. The molecule has 4 heterocycles. The number of carbonyl (C=O) groups excluding carboxylic acids is 2. The van der Waals surface area contributed by atoms with Gasteiger partial charge < -0.3 is 25.4 Å². The normalized spacial score (nSPS) is 25.3. The fourth-order valence-corrected chi connectivity index (χ4v) is 4.84. The predicted molar refractivity (Wildman–Crippen MR) is 116 cm³/mol. The molecule has 3 N–H and O–H groups in total. The van der Waals surface area contributed by atoms with Crippen LogP contribution in [0.3, 0.4) is 0 Å². The molecule has 2 spiro atoms. The van der Waals surface area contributed by atoms with Crippen molar-refractivity contribution < 1.29 is 19.1 Å². The number of carbonyl (C=O) groups is 2. The number of nitrogens with zero attached hydrogens (tertiary/aromatic N) is 1. The van der Waals surface area contributed by atoms with Crippen molar-refractivity contribution in [1.82, 2.24) is 20.9 Å². The molecular formula is C23H34N4O4. The Kier molecular flexibility index (Phi) is 7.22. The Morgan fingerprint density at radius 2 is 1.35 bits per heavy atom. The molecule has 31 heavy (non-hydrogen) atoms. The number of piperidine rings is 2. The monoisotopic (exact) mass is 430 g/mol. The van der Waals surface area contributed by atoms with Gasteiger partial charge in [0.2, 0.25) is 11.8 Å². The zero-order valence-corrected chi connectivity index (χ0v) is 18.2. The minimum atomic E-state index is -0.109. The summed E-state index contributed by atoms with van der Waals surface area (Å²) in [6.07, 6.45) is 3.93. The van der Waals surface area contributed by atoms with Crippen molar-refractivity contribution in [2.75, 3.05) is 52.6 Å². The maximum atomic E-state index is 11.5. The van der Waals surface area contributed by atoms with Crippen LogP contribution in [0.2, 0.25) is 0 Å². The Morgan fingerprint density at radius 1 is 0.806 bits per heavy atom. The van der Waals surface area contributed by atoms with Crippen LogP contribution in [0.5, 0.6) is 0 Å². The third kappa shape index (κ3) is 6.04. The summed E-state index contributed by atoms with van der Waals surface area (Å²) in [6, 6.07) is 10.5. The first-order chi connectivity index (χ1) is 15.1. The van der Waals surface area contributed by atoms with E-state index in [1.165, 1.54) is 5.56 Å². The van der Waals surface area contributed by atoms with Gasteiger partial charge >= 0.3 is 0 Å². The Bertz CT molecular complexity index is 738. The lowest BCUT2D eigenvalue weighted by molar-refractivity contribution is -0.137. The minimum absolute atomic E-state index is 0.0303. The number of morpholine rings is 2. The van der Waals surface area contributed by atoms with Crippen molar-refractivity contribution in [2.45, 2.75) is 43.3 Å². The molecule has 4 aliphatic rings. The van der Waals surface area contributed by atoms with Gasteiger partial charge in [0.05, 0.1) is 24.3 Å². The highest BCUT2D eigenvalue weighted by molar-refractivity contribution is 5.79. The van der Waals surface area contributed by atoms with Crippen LogP contribution in [-0.2, 0) is 25.6 Å². The maximum Gasteiger partial charge on any atom is 0.246 e. The van der Waals surface area contributed by atoms with Crippen molar-refractivity contribution >= 4 is 11.8 Å². The molecule has 0 bridgehead atoms. The van der Waals surface area contributed by atoms with Crippen LogP contribution in [0, 0.1) is 0 Å². The van der Waals surface area contributed by atoms with Gasteiger partial charge in [-0.3, -0.25) is 14.5 Å². The summed E-state index contributed by atoms with van der Waals surface area (Å²) in [5, 5.41) is 9.42. The van der Waals surface area contributed by atoms with Crippen molar-refractivity contribution in [1.29, 1.82) is 0 Å². The van der Waals surface area contributed by atoms with E-state index in [0.29, 0.717) is 13.2 Å². The first kappa shape index (κ1) is 22.2. The number of likely N-dealkylation sites (tertiary alicyclic amines) is 1. The third-order valence-corrected chi connectivity index (χ3v) is 6.66. The number of ether oxygens (including phenoxy) is 2. The van der Waals surface area contributed by atoms with Gasteiger partial charge in [-0.1, -0.05) is 30.3 Å². The van der Waals surface area contributed by atoms with Gasteiger partial charge in [-0.2, -0.15) is 0 Å². The van der Waals surface area contributed by atoms with Gasteiger partial charge in [-0.25, -0.2) is 0 Å². The van der Waals surface area contributed by atoms with Crippen LogP contribution in [0.1, 0.15) is 31.2 Å². The van der Waals surface area contributed by atoms with Crippen LogP contribution >= 0.6 is 0 Å². The summed E-state index contributed by atoms with van der Waals surface area (Å²) in [7, 11) is 0. The van der Waals surface area contributed by atoms with Gasteiger partial charge in [-0.15, -0.1) is 0 Å². The summed E-state index contributed by atoms with van der Waals surface area (Å²) < 4.78 is 10.6. The van der Waals surface area contributed by atoms with E-state index >= 15 is 0 Å². The van der Waals surface area contributed by atoms with E-state index in [0.717, 1.165) is 58.4 Å². The van der Waals surface area contributed by atoms with E-state index in [4.69, 9.17) is 9.47 Å². The van der Waals surface area contributed by atoms with Crippen LogP contribution in [0.15, 0.2) is 30.3 Å². The highest BCUT2D eigenvalue weighted by atomic mass is 16.5. The predicted octanol–water partition coefficient (Wildman–Crippen LogP) is 0.423. The first-order valence-corrected chi connectivity index (χ1v) is 11.3. The molecule has 4 fully saturated rings. The summed E-state index contributed by atoms with van der Waals surface area (Å²) in [5.41, 5.74) is 1.19. The van der Waals surface area contributed by atoms with Crippen molar-refractivity contribution in [3.63, 3.8) is 0 Å². The van der Waals surface area contributed by atoms with E-state index in [2.05, 4.69) is 45.1 Å². The number of rotatable bonds is 2. The largest absolute Gasteiger partial charge is 0.369 e. The Hall–Kier alpha value is -2.00. The lowest BCUT2D eigenvalue weighted by atomic mass is 9.87. The second-order valence-electron chi connectivity index (χ2n) is 9.15. The number of amides is 2.